The molecule has 0 saturated heterocycles. The minimum atomic E-state index is -0.900. The maximum atomic E-state index is 9.40. The quantitative estimate of drug-likeness (QED) is 0.627. The molecule has 5 nitrogen and oxygen atoms in total. The summed E-state index contributed by atoms with van der Waals surface area (Å²) in [6.07, 6.45) is 1.60. The number of aliphatic hydroxyl groups excluding tert-OH is 2. The molecule has 0 aromatic heterocycles. The number of benzene rings is 1. The van der Waals surface area contributed by atoms with Crippen molar-refractivity contribution in [1.82, 2.24) is 5.32 Å². The van der Waals surface area contributed by atoms with Gasteiger partial charge in [0.05, 0.1) is 17.7 Å². The average molecular weight is 360 g/mol. The van der Waals surface area contributed by atoms with E-state index in [0.29, 0.717) is 24.1 Å². The fourth-order valence-electron chi connectivity index (χ4n) is 1.91. The fourth-order valence-corrected chi connectivity index (χ4v) is 2.51. The van der Waals surface area contributed by atoms with E-state index in [2.05, 4.69) is 21.2 Å². The summed E-state index contributed by atoms with van der Waals surface area (Å²) < 4.78 is 12.0. The van der Waals surface area contributed by atoms with E-state index >= 15 is 0 Å². The van der Waals surface area contributed by atoms with Crippen molar-refractivity contribution < 1.29 is 19.7 Å². The van der Waals surface area contributed by atoms with Crippen LogP contribution >= 0.6 is 15.9 Å². The van der Waals surface area contributed by atoms with Gasteiger partial charge in [0, 0.05) is 12.6 Å². The van der Waals surface area contributed by atoms with Crippen molar-refractivity contribution in [1.29, 1.82) is 0 Å². The Bertz CT molecular complexity index is 465. The molecule has 21 heavy (non-hydrogen) atoms. The molecule has 0 heterocycles. The Labute approximate surface area is 133 Å². The predicted molar refractivity (Wildman–Crippen MR) is 83.8 cm³/mol. The van der Waals surface area contributed by atoms with Crippen LogP contribution in [0.5, 0.6) is 11.5 Å². The van der Waals surface area contributed by atoms with Gasteiger partial charge in [0.1, 0.15) is 12.7 Å². The molecule has 1 aromatic carbocycles. The van der Waals surface area contributed by atoms with Crippen LogP contribution in [-0.4, -0.2) is 42.2 Å². The standard InChI is InChI=1S/C15H22BrNO4/c1-2-20-14-6-10(7-17-11-3-4-11)5-13(16)15(14)21-9-12(19)8-18/h5-6,11-12,17-19H,2-4,7-9H2,1H3. The second kappa shape index (κ2) is 7.98. The van der Waals surface area contributed by atoms with Gasteiger partial charge >= 0.3 is 0 Å². The van der Waals surface area contributed by atoms with Gasteiger partial charge in [-0.3, -0.25) is 0 Å². The molecule has 3 N–H and O–H groups in total. The van der Waals surface area contributed by atoms with E-state index in [0.717, 1.165) is 16.6 Å². The maximum absolute atomic E-state index is 9.40. The van der Waals surface area contributed by atoms with Crippen LogP contribution in [0.15, 0.2) is 16.6 Å². The van der Waals surface area contributed by atoms with E-state index < -0.39 is 6.10 Å². The Hall–Kier alpha value is -0.820. The lowest BCUT2D eigenvalue weighted by Crippen LogP contribution is -2.21. The minimum absolute atomic E-state index is 0.0227. The number of halogens is 1. The molecule has 0 spiro atoms. The van der Waals surface area contributed by atoms with Crippen LogP contribution in [0.2, 0.25) is 0 Å². The van der Waals surface area contributed by atoms with Gasteiger partial charge in [0.15, 0.2) is 11.5 Å². The van der Waals surface area contributed by atoms with Gasteiger partial charge in [0.25, 0.3) is 0 Å². The number of aliphatic hydroxyl groups is 2. The number of hydrogen-bond acceptors (Lipinski definition) is 5. The van der Waals surface area contributed by atoms with Gasteiger partial charge in [-0.05, 0) is 53.4 Å². The molecule has 1 aromatic rings. The summed E-state index contributed by atoms with van der Waals surface area (Å²) in [7, 11) is 0. The van der Waals surface area contributed by atoms with Crippen LogP contribution in [-0.2, 0) is 6.54 Å². The highest BCUT2D eigenvalue weighted by atomic mass is 79.9. The molecule has 1 unspecified atom stereocenters. The van der Waals surface area contributed by atoms with Gasteiger partial charge in [-0.15, -0.1) is 0 Å². The second-order valence-corrected chi connectivity index (χ2v) is 5.99. The van der Waals surface area contributed by atoms with Crippen LogP contribution < -0.4 is 14.8 Å². The smallest absolute Gasteiger partial charge is 0.175 e. The SMILES string of the molecule is CCOc1cc(CNC2CC2)cc(Br)c1OCC(O)CO. The van der Waals surface area contributed by atoms with Crippen molar-refractivity contribution in [3.63, 3.8) is 0 Å². The Kier molecular flexibility index (Phi) is 6.29. The average Bonchev–Trinajstić information content (AvgIpc) is 3.28. The number of ether oxygens (including phenoxy) is 2. The molecular formula is C15H22BrNO4. The third-order valence-corrected chi connectivity index (χ3v) is 3.76. The zero-order valence-electron chi connectivity index (χ0n) is 12.1. The molecule has 1 fully saturated rings. The molecular weight excluding hydrogens is 338 g/mol. The predicted octanol–water partition coefficient (Wildman–Crippen LogP) is 1.83. The molecule has 118 valence electrons. The first-order chi connectivity index (χ1) is 10.1. The van der Waals surface area contributed by atoms with E-state index in [-0.39, 0.29) is 13.2 Å². The van der Waals surface area contributed by atoms with Crippen molar-refractivity contribution in [2.24, 2.45) is 0 Å². The van der Waals surface area contributed by atoms with Gasteiger partial charge < -0.3 is 25.0 Å². The fraction of sp³-hybridized carbons (Fsp3) is 0.600. The van der Waals surface area contributed by atoms with E-state index in [9.17, 15) is 5.11 Å². The minimum Gasteiger partial charge on any atom is -0.490 e. The van der Waals surface area contributed by atoms with E-state index in [4.69, 9.17) is 14.6 Å². The highest BCUT2D eigenvalue weighted by Gasteiger charge is 2.21. The van der Waals surface area contributed by atoms with Crippen LogP contribution in [0.25, 0.3) is 0 Å². The van der Waals surface area contributed by atoms with Gasteiger partial charge in [-0.25, -0.2) is 0 Å². The van der Waals surface area contributed by atoms with E-state index in [1.165, 1.54) is 12.8 Å². The Balaban J connectivity index is 2.09. The normalized spacial score (nSPS) is 15.8. The van der Waals surface area contributed by atoms with Gasteiger partial charge in [-0.2, -0.15) is 0 Å². The van der Waals surface area contributed by atoms with Crippen molar-refractivity contribution in [2.45, 2.75) is 38.5 Å². The van der Waals surface area contributed by atoms with Crippen LogP contribution in [0.4, 0.5) is 0 Å². The summed E-state index contributed by atoms with van der Waals surface area (Å²) in [5.41, 5.74) is 1.12. The number of nitrogens with one attached hydrogen (secondary N) is 1. The Morgan fingerprint density at radius 1 is 1.38 bits per heavy atom. The zero-order chi connectivity index (χ0) is 15.2. The second-order valence-electron chi connectivity index (χ2n) is 5.14. The van der Waals surface area contributed by atoms with Crippen LogP contribution in [0.1, 0.15) is 25.3 Å². The molecule has 0 radical (unpaired) electrons. The third-order valence-electron chi connectivity index (χ3n) is 3.17. The molecule has 0 bridgehead atoms. The molecule has 2 rings (SSSR count). The first kappa shape index (κ1) is 16.5. The highest BCUT2D eigenvalue weighted by molar-refractivity contribution is 9.10. The van der Waals surface area contributed by atoms with Gasteiger partial charge in [-0.1, -0.05) is 0 Å². The van der Waals surface area contributed by atoms with Crippen LogP contribution in [0, 0.1) is 0 Å². The summed E-state index contributed by atoms with van der Waals surface area (Å²) in [6.45, 7) is 2.93. The zero-order valence-corrected chi connectivity index (χ0v) is 13.7. The van der Waals surface area contributed by atoms with E-state index in [1.807, 2.05) is 19.1 Å². The molecule has 6 heteroatoms. The Morgan fingerprint density at radius 2 is 2.14 bits per heavy atom. The largest absolute Gasteiger partial charge is 0.490 e. The topological polar surface area (TPSA) is 71.0 Å². The van der Waals surface area contributed by atoms with Crippen molar-refractivity contribution in [3.8, 4) is 11.5 Å². The van der Waals surface area contributed by atoms with Crippen molar-refractivity contribution in [2.75, 3.05) is 19.8 Å². The lowest BCUT2D eigenvalue weighted by molar-refractivity contribution is 0.0522. The molecule has 0 aliphatic heterocycles. The lowest BCUT2D eigenvalue weighted by Gasteiger charge is -2.17. The van der Waals surface area contributed by atoms with Gasteiger partial charge in [0.2, 0.25) is 0 Å². The molecule has 1 saturated carbocycles. The Morgan fingerprint density at radius 3 is 2.76 bits per heavy atom. The van der Waals surface area contributed by atoms with Crippen LogP contribution in [0.3, 0.4) is 0 Å². The molecule has 1 aliphatic carbocycles. The van der Waals surface area contributed by atoms with E-state index in [1.54, 1.807) is 0 Å². The molecule has 1 atom stereocenters. The summed E-state index contributed by atoms with van der Waals surface area (Å²) >= 11 is 3.49. The summed E-state index contributed by atoms with van der Waals surface area (Å²) in [5, 5.41) is 21.7. The van der Waals surface area contributed by atoms with Crippen molar-refractivity contribution in [3.05, 3.63) is 22.2 Å². The molecule has 1 aliphatic rings. The summed E-state index contributed by atoms with van der Waals surface area (Å²) in [4.78, 5) is 0. The first-order valence-electron chi connectivity index (χ1n) is 7.24. The number of hydrogen-bond donors (Lipinski definition) is 3. The third kappa shape index (κ3) is 5.14. The number of rotatable bonds is 9. The first-order valence-corrected chi connectivity index (χ1v) is 8.03. The highest BCUT2D eigenvalue weighted by Crippen LogP contribution is 2.37. The maximum Gasteiger partial charge on any atom is 0.175 e. The summed E-state index contributed by atoms with van der Waals surface area (Å²) in [5.74, 6) is 1.20. The summed E-state index contributed by atoms with van der Waals surface area (Å²) in [6, 6.07) is 4.58. The van der Waals surface area contributed by atoms with Crippen molar-refractivity contribution >= 4 is 15.9 Å². The monoisotopic (exact) mass is 359 g/mol. The lowest BCUT2D eigenvalue weighted by atomic mass is 10.2. The molecule has 0 amide bonds.